The SMILES string of the molecule is [CH2]CCC(C[C]=O)C(N=C=O)N=C=O. The monoisotopic (exact) mass is 194 g/mol. The predicted molar refractivity (Wildman–Crippen MR) is 48.4 cm³/mol. The highest BCUT2D eigenvalue weighted by Gasteiger charge is 2.19. The minimum atomic E-state index is -0.881. The Morgan fingerprint density at radius 3 is 2.07 bits per heavy atom. The molecule has 5 nitrogen and oxygen atoms in total. The molecule has 0 spiro atoms. The van der Waals surface area contributed by atoms with Crippen molar-refractivity contribution < 1.29 is 14.4 Å². The summed E-state index contributed by atoms with van der Waals surface area (Å²) in [6, 6.07) is 0. The molecule has 2 radical (unpaired) electrons. The Kier molecular flexibility index (Phi) is 7.15. The Balaban J connectivity index is 4.59. The van der Waals surface area contributed by atoms with Crippen LogP contribution in [0.3, 0.4) is 0 Å². The predicted octanol–water partition coefficient (Wildman–Crippen LogP) is 0.714. The molecule has 5 heteroatoms. The van der Waals surface area contributed by atoms with Gasteiger partial charge in [-0.05, 0) is 6.42 Å². The van der Waals surface area contributed by atoms with Gasteiger partial charge in [0.25, 0.3) is 0 Å². The van der Waals surface area contributed by atoms with Gasteiger partial charge in [-0.25, -0.2) is 9.59 Å². The molecule has 0 saturated heterocycles. The summed E-state index contributed by atoms with van der Waals surface area (Å²) in [4.78, 5) is 36.8. The summed E-state index contributed by atoms with van der Waals surface area (Å²) in [7, 11) is 0. The first-order valence-electron chi connectivity index (χ1n) is 4.08. The fourth-order valence-electron chi connectivity index (χ4n) is 1.07. The van der Waals surface area contributed by atoms with Crippen LogP contribution in [0.1, 0.15) is 19.3 Å². The highest BCUT2D eigenvalue weighted by Crippen LogP contribution is 2.17. The van der Waals surface area contributed by atoms with Gasteiger partial charge >= 0.3 is 0 Å². The van der Waals surface area contributed by atoms with E-state index in [0.717, 1.165) is 0 Å². The second kappa shape index (κ2) is 8.05. The number of isocyanates is 2. The summed E-state index contributed by atoms with van der Waals surface area (Å²) in [6.07, 6.45) is 4.58. The number of nitrogens with zero attached hydrogens (tertiary/aromatic N) is 2. The van der Waals surface area contributed by atoms with E-state index in [1.165, 1.54) is 12.2 Å². The molecule has 0 fully saturated rings. The zero-order valence-corrected chi connectivity index (χ0v) is 7.60. The average Bonchev–Trinajstić information content (AvgIpc) is 2.17. The van der Waals surface area contributed by atoms with Crippen LogP contribution in [0.5, 0.6) is 0 Å². The molecule has 0 bridgehead atoms. The van der Waals surface area contributed by atoms with E-state index in [4.69, 9.17) is 0 Å². The number of hydrogen-bond donors (Lipinski definition) is 0. The van der Waals surface area contributed by atoms with Crippen molar-refractivity contribution in [3.8, 4) is 0 Å². The van der Waals surface area contributed by atoms with Crippen LogP contribution in [0, 0.1) is 12.8 Å². The fourth-order valence-corrected chi connectivity index (χ4v) is 1.07. The van der Waals surface area contributed by atoms with E-state index in [-0.39, 0.29) is 12.3 Å². The first-order valence-corrected chi connectivity index (χ1v) is 4.08. The number of hydrogen-bond acceptors (Lipinski definition) is 5. The quantitative estimate of drug-likeness (QED) is 0.442. The van der Waals surface area contributed by atoms with E-state index in [1.807, 2.05) is 0 Å². The molecule has 1 unspecified atom stereocenters. The van der Waals surface area contributed by atoms with Gasteiger partial charge in [0.15, 0.2) is 12.5 Å². The van der Waals surface area contributed by atoms with Crippen molar-refractivity contribution in [2.24, 2.45) is 15.9 Å². The third-order valence-electron chi connectivity index (χ3n) is 1.71. The van der Waals surface area contributed by atoms with Crippen LogP contribution >= 0.6 is 0 Å². The van der Waals surface area contributed by atoms with Crippen molar-refractivity contribution >= 4 is 18.4 Å². The van der Waals surface area contributed by atoms with Crippen molar-refractivity contribution in [1.29, 1.82) is 0 Å². The molecular formula is C9H10N2O3. The minimum absolute atomic E-state index is 0.0660. The molecular weight excluding hydrogens is 184 g/mol. The summed E-state index contributed by atoms with van der Waals surface area (Å²) in [5.74, 6) is -0.326. The van der Waals surface area contributed by atoms with Gasteiger partial charge in [0.2, 0.25) is 12.2 Å². The van der Waals surface area contributed by atoms with Gasteiger partial charge in [-0.2, -0.15) is 9.98 Å². The summed E-state index contributed by atoms with van der Waals surface area (Å²) in [5.41, 5.74) is 0. The molecule has 0 aromatic carbocycles. The Hall–Kier alpha value is -1.57. The van der Waals surface area contributed by atoms with Crippen LogP contribution < -0.4 is 0 Å². The molecule has 0 rings (SSSR count). The summed E-state index contributed by atoms with van der Waals surface area (Å²) < 4.78 is 0. The van der Waals surface area contributed by atoms with E-state index >= 15 is 0 Å². The Labute approximate surface area is 81.9 Å². The van der Waals surface area contributed by atoms with E-state index in [1.54, 1.807) is 6.29 Å². The Morgan fingerprint density at radius 2 is 1.71 bits per heavy atom. The van der Waals surface area contributed by atoms with Crippen molar-refractivity contribution in [2.45, 2.75) is 25.4 Å². The highest BCUT2D eigenvalue weighted by atomic mass is 16.1. The van der Waals surface area contributed by atoms with Crippen LogP contribution in [0.2, 0.25) is 0 Å². The molecule has 0 heterocycles. The normalized spacial score (nSPS) is 13.2. The molecule has 0 aliphatic rings. The lowest BCUT2D eigenvalue weighted by molar-refractivity contribution is 0.404. The standard InChI is InChI=1S/C9H10N2O3/c1-2-3-8(4-5-12)9(10-6-13)11-7-14/h8-9H,1-4H2. The maximum absolute atomic E-state index is 10.2. The summed E-state index contributed by atoms with van der Waals surface area (Å²) in [5, 5.41) is 0. The first kappa shape index (κ1) is 12.4. The Bertz CT molecular complexity index is 247. The molecule has 0 saturated carbocycles. The molecule has 14 heavy (non-hydrogen) atoms. The van der Waals surface area contributed by atoms with E-state index < -0.39 is 6.17 Å². The smallest absolute Gasteiger partial charge is 0.237 e. The molecule has 0 aliphatic carbocycles. The van der Waals surface area contributed by atoms with Crippen LogP contribution in [-0.2, 0) is 14.4 Å². The molecule has 0 N–H and O–H groups in total. The average molecular weight is 194 g/mol. The minimum Gasteiger partial charge on any atom is -0.291 e. The molecule has 74 valence electrons. The van der Waals surface area contributed by atoms with Crippen molar-refractivity contribution in [2.75, 3.05) is 0 Å². The number of carbonyl (C=O) groups excluding carboxylic acids is 3. The second-order valence-electron chi connectivity index (χ2n) is 2.61. The largest absolute Gasteiger partial charge is 0.291 e. The van der Waals surface area contributed by atoms with E-state index in [9.17, 15) is 14.4 Å². The van der Waals surface area contributed by atoms with Gasteiger partial charge in [-0.15, -0.1) is 0 Å². The molecule has 0 aromatic heterocycles. The van der Waals surface area contributed by atoms with Gasteiger partial charge in [0.1, 0.15) is 0 Å². The van der Waals surface area contributed by atoms with Crippen molar-refractivity contribution in [3.05, 3.63) is 6.92 Å². The Morgan fingerprint density at radius 1 is 1.14 bits per heavy atom. The highest BCUT2D eigenvalue weighted by molar-refractivity contribution is 5.51. The fraction of sp³-hybridized carbons (Fsp3) is 0.556. The van der Waals surface area contributed by atoms with Gasteiger partial charge in [0, 0.05) is 12.3 Å². The third-order valence-corrected chi connectivity index (χ3v) is 1.71. The van der Waals surface area contributed by atoms with Crippen LogP contribution in [0.4, 0.5) is 0 Å². The van der Waals surface area contributed by atoms with E-state index in [0.29, 0.717) is 12.8 Å². The molecule has 0 aromatic rings. The van der Waals surface area contributed by atoms with Crippen molar-refractivity contribution in [1.82, 2.24) is 0 Å². The zero-order chi connectivity index (χ0) is 10.8. The third kappa shape index (κ3) is 4.45. The lowest BCUT2D eigenvalue weighted by Crippen LogP contribution is -2.17. The van der Waals surface area contributed by atoms with Crippen LogP contribution in [0.15, 0.2) is 9.98 Å². The summed E-state index contributed by atoms with van der Waals surface area (Å²) >= 11 is 0. The molecule has 0 aliphatic heterocycles. The molecule has 1 atom stereocenters. The van der Waals surface area contributed by atoms with Gasteiger partial charge in [-0.1, -0.05) is 13.3 Å². The lowest BCUT2D eigenvalue weighted by atomic mass is 9.97. The second-order valence-corrected chi connectivity index (χ2v) is 2.61. The first-order chi connectivity index (χ1) is 6.79. The number of aliphatic imine (C=N–C) groups is 2. The maximum atomic E-state index is 10.2. The lowest BCUT2D eigenvalue weighted by Gasteiger charge is -2.14. The van der Waals surface area contributed by atoms with Crippen molar-refractivity contribution in [3.63, 3.8) is 0 Å². The summed E-state index contributed by atoms with van der Waals surface area (Å²) in [6.45, 7) is 3.60. The van der Waals surface area contributed by atoms with E-state index in [2.05, 4.69) is 16.9 Å². The van der Waals surface area contributed by atoms with Gasteiger partial charge in [0.05, 0.1) is 0 Å². The zero-order valence-electron chi connectivity index (χ0n) is 7.60. The van der Waals surface area contributed by atoms with Crippen LogP contribution in [-0.4, -0.2) is 24.6 Å². The number of rotatable bonds is 7. The van der Waals surface area contributed by atoms with Gasteiger partial charge < -0.3 is 0 Å². The molecule has 0 amide bonds. The topological polar surface area (TPSA) is 75.9 Å². The van der Waals surface area contributed by atoms with Gasteiger partial charge in [-0.3, -0.25) is 4.79 Å². The van der Waals surface area contributed by atoms with Crippen LogP contribution in [0.25, 0.3) is 0 Å². The maximum Gasteiger partial charge on any atom is 0.237 e.